The third kappa shape index (κ3) is 3.87. The van der Waals surface area contributed by atoms with E-state index in [0.29, 0.717) is 6.54 Å². The zero-order valence-corrected chi connectivity index (χ0v) is 13.7. The van der Waals surface area contributed by atoms with Gasteiger partial charge in [0.2, 0.25) is 0 Å². The maximum atomic E-state index is 11.9. The van der Waals surface area contributed by atoms with Crippen LogP contribution in [0.1, 0.15) is 5.56 Å². The fourth-order valence-electron chi connectivity index (χ4n) is 2.50. The van der Waals surface area contributed by atoms with E-state index in [0.717, 1.165) is 17.6 Å². The van der Waals surface area contributed by atoms with Gasteiger partial charge in [-0.3, -0.25) is 0 Å². The fourth-order valence-corrected chi connectivity index (χ4v) is 2.91. The van der Waals surface area contributed by atoms with Crippen LogP contribution in [0, 0.1) is 0 Å². The Morgan fingerprint density at radius 3 is 2.70 bits per heavy atom. The van der Waals surface area contributed by atoms with Gasteiger partial charge in [-0.25, -0.2) is 4.79 Å². The van der Waals surface area contributed by atoms with Crippen molar-refractivity contribution < 1.29 is 4.79 Å². The van der Waals surface area contributed by atoms with Crippen LogP contribution in [0.15, 0.2) is 59.6 Å². The molecule has 23 heavy (non-hydrogen) atoms. The molecule has 2 aromatic carbocycles. The van der Waals surface area contributed by atoms with Gasteiger partial charge in [0.1, 0.15) is 0 Å². The van der Waals surface area contributed by atoms with Crippen molar-refractivity contribution in [3.8, 4) is 0 Å². The van der Waals surface area contributed by atoms with Gasteiger partial charge in [0.25, 0.3) is 0 Å². The van der Waals surface area contributed by atoms with E-state index in [-0.39, 0.29) is 6.03 Å². The second kappa shape index (κ2) is 7.24. The number of benzene rings is 2. The number of hydrogen-bond acceptors (Lipinski definition) is 2. The Kier molecular flexibility index (Phi) is 4.88. The summed E-state index contributed by atoms with van der Waals surface area (Å²) < 4.78 is 0. The number of urea groups is 1. The molecule has 3 aromatic rings. The molecule has 3 rings (SSSR count). The number of para-hydroxylation sites is 1. The normalized spacial score (nSPS) is 10.7. The zero-order chi connectivity index (χ0) is 16.1. The molecular weight excluding hydrogens is 306 g/mol. The first-order chi connectivity index (χ1) is 11.3. The molecule has 5 heteroatoms. The molecule has 118 valence electrons. The number of hydrogen-bond donors (Lipinski definition) is 3. The second-order valence-corrected chi connectivity index (χ2v) is 6.10. The number of rotatable bonds is 5. The quantitative estimate of drug-likeness (QED) is 0.614. The molecule has 0 aliphatic heterocycles. The van der Waals surface area contributed by atoms with Crippen LogP contribution in [-0.4, -0.2) is 23.8 Å². The zero-order valence-electron chi connectivity index (χ0n) is 12.9. The van der Waals surface area contributed by atoms with Crippen molar-refractivity contribution in [2.24, 2.45) is 0 Å². The highest BCUT2D eigenvalue weighted by molar-refractivity contribution is 7.98. The molecule has 1 aromatic heterocycles. The number of H-pyrrole nitrogens is 1. The molecular formula is C18H19N3OS. The lowest BCUT2D eigenvalue weighted by atomic mass is 10.1. The van der Waals surface area contributed by atoms with Crippen LogP contribution in [0.5, 0.6) is 0 Å². The van der Waals surface area contributed by atoms with Gasteiger partial charge in [0.05, 0.1) is 0 Å². The Morgan fingerprint density at radius 2 is 1.91 bits per heavy atom. The molecule has 3 N–H and O–H groups in total. The minimum atomic E-state index is -0.179. The Balaban J connectivity index is 1.51. The van der Waals surface area contributed by atoms with Gasteiger partial charge in [0.15, 0.2) is 0 Å². The van der Waals surface area contributed by atoms with E-state index < -0.39 is 0 Å². The lowest BCUT2D eigenvalue weighted by Gasteiger charge is -2.08. The maximum Gasteiger partial charge on any atom is 0.319 e. The van der Waals surface area contributed by atoms with Gasteiger partial charge in [0, 0.05) is 34.2 Å². The molecule has 0 bridgehead atoms. The Labute approximate surface area is 139 Å². The van der Waals surface area contributed by atoms with Crippen LogP contribution in [0.25, 0.3) is 10.9 Å². The molecule has 0 atom stereocenters. The third-order valence-electron chi connectivity index (χ3n) is 3.70. The summed E-state index contributed by atoms with van der Waals surface area (Å²) in [6.07, 6.45) is 4.83. The van der Waals surface area contributed by atoms with Crippen molar-refractivity contribution in [3.05, 3.63) is 60.3 Å². The summed E-state index contributed by atoms with van der Waals surface area (Å²) in [6, 6.07) is 15.8. The summed E-state index contributed by atoms with van der Waals surface area (Å²) in [5.41, 5.74) is 3.14. The van der Waals surface area contributed by atoms with Crippen molar-refractivity contribution in [3.63, 3.8) is 0 Å². The lowest BCUT2D eigenvalue weighted by molar-refractivity contribution is 0.252. The van der Waals surface area contributed by atoms with E-state index in [1.54, 1.807) is 11.8 Å². The fraction of sp³-hybridized carbons (Fsp3) is 0.167. The van der Waals surface area contributed by atoms with Crippen molar-refractivity contribution in [2.75, 3.05) is 18.1 Å². The first kappa shape index (κ1) is 15.5. The van der Waals surface area contributed by atoms with Crippen molar-refractivity contribution in [2.45, 2.75) is 11.3 Å². The predicted molar refractivity (Wildman–Crippen MR) is 97.2 cm³/mol. The van der Waals surface area contributed by atoms with Crippen LogP contribution in [0.3, 0.4) is 0 Å². The molecule has 0 saturated carbocycles. The van der Waals surface area contributed by atoms with E-state index in [4.69, 9.17) is 0 Å². The van der Waals surface area contributed by atoms with E-state index in [1.165, 1.54) is 15.8 Å². The molecule has 0 spiro atoms. The highest BCUT2D eigenvalue weighted by Crippen LogP contribution is 2.18. The van der Waals surface area contributed by atoms with Crippen LogP contribution >= 0.6 is 11.8 Å². The summed E-state index contributed by atoms with van der Waals surface area (Å²) in [5, 5.41) is 6.95. The molecule has 1 heterocycles. The predicted octanol–water partition coefficient (Wildman–Crippen LogP) is 4.25. The van der Waals surface area contributed by atoms with Gasteiger partial charge >= 0.3 is 6.03 Å². The SMILES string of the molecule is CSc1ccc(NC(=O)NCCc2c[nH]c3ccccc23)cc1. The number of fused-ring (bicyclic) bond motifs is 1. The third-order valence-corrected chi connectivity index (χ3v) is 4.45. The lowest BCUT2D eigenvalue weighted by Crippen LogP contribution is -2.30. The Morgan fingerprint density at radius 1 is 1.13 bits per heavy atom. The van der Waals surface area contributed by atoms with Crippen LogP contribution in [-0.2, 0) is 6.42 Å². The number of anilines is 1. The number of carbonyl (C=O) groups is 1. The minimum Gasteiger partial charge on any atom is -0.361 e. The van der Waals surface area contributed by atoms with E-state index in [1.807, 2.05) is 48.9 Å². The van der Waals surface area contributed by atoms with Crippen molar-refractivity contribution >= 4 is 34.4 Å². The molecule has 4 nitrogen and oxygen atoms in total. The molecule has 0 saturated heterocycles. The van der Waals surface area contributed by atoms with E-state index >= 15 is 0 Å². The van der Waals surface area contributed by atoms with E-state index in [2.05, 4.69) is 27.8 Å². The highest BCUT2D eigenvalue weighted by Gasteiger charge is 2.05. The standard InChI is InChI=1S/C18H19N3OS/c1-23-15-8-6-14(7-9-15)21-18(22)19-11-10-13-12-20-17-5-3-2-4-16(13)17/h2-9,12,20H,10-11H2,1H3,(H2,19,21,22). The number of carbonyl (C=O) groups excluding carboxylic acids is 1. The number of aromatic nitrogens is 1. The van der Waals surface area contributed by atoms with E-state index in [9.17, 15) is 4.79 Å². The highest BCUT2D eigenvalue weighted by atomic mass is 32.2. The summed E-state index contributed by atoms with van der Waals surface area (Å²) in [6.45, 7) is 0.594. The van der Waals surface area contributed by atoms with Gasteiger partial charge in [-0.2, -0.15) is 0 Å². The van der Waals surface area contributed by atoms with Crippen molar-refractivity contribution in [1.82, 2.24) is 10.3 Å². The van der Waals surface area contributed by atoms with Gasteiger partial charge in [-0.15, -0.1) is 11.8 Å². The topological polar surface area (TPSA) is 56.9 Å². The average molecular weight is 325 g/mol. The Bertz CT molecular complexity index is 795. The Hall–Kier alpha value is -2.40. The molecule has 0 radical (unpaired) electrons. The molecule has 0 fully saturated rings. The monoisotopic (exact) mass is 325 g/mol. The van der Waals surface area contributed by atoms with Gasteiger partial charge in [-0.05, 0) is 48.6 Å². The van der Waals surface area contributed by atoms with Gasteiger partial charge < -0.3 is 15.6 Å². The molecule has 0 aliphatic rings. The summed E-state index contributed by atoms with van der Waals surface area (Å²) in [5.74, 6) is 0. The molecule has 2 amide bonds. The molecule has 0 unspecified atom stereocenters. The largest absolute Gasteiger partial charge is 0.361 e. The average Bonchev–Trinajstić information content (AvgIpc) is 2.99. The number of aromatic amines is 1. The summed E-state index contributed by atoms with van der Waals surface area (Å²) in [7, 11) is 0. The minimum absolute atomic E-state index is 0.179. The summed E-state index contributed by atoms with van der Waals surface area (Å²) in [4.78, 5) is 16.3. The number of amides is 2. The smallest absolute Gasteiger partial charge is 0.319 e. The van der Waals surface area contributed by atoms with Crippen LogP contribution < -0.4 is 10.6 Å². The van der Waals surface area contributed by atoms with Crippen LogP contribution in [0.2, 0.25) is 0 Å². The van der Waals surface area contributed by atoms with Crippen LogP contribution in [0.4, 0.5) is 10.5 Å². The summed E-state index contributed by atoms with van der Waals surface area (Å²) >= 11 is 1.68. The molecule has 0 aliphatic carbocycles. The maximum absolute atomic E-state index is 11.9. The first-order valence-corrected chi connectivity index (χ1v) is 8.72. The van der Waals surface area contributed by atoms with Crippen molar-refractivity contribution in [1.29, 1.82) is 0 Å². The number of nitrogens with one attached hydrogen (secondary N) is 3. The second-order valence-electron chi connectivity index (χ2n) is 5.22. The number of thioether (sulfide) groups is 1. The van der Waals surface area contributed by atoms with Gasteiger partial charge in [-0.1, -0.05) is 18.2 Å². The first-order valence-electron chi connectivity index (χ1n) is 7.50.